The van der Waals surface area contributed by atoms with E-state index in [9.17, 15) is 10.0 Å². The van der Waals surface area contributed by atoms with Crippen molar-refractivity contribution in [3.63, 3.8) is 0 Å². The van der Waals surface area contributed by atoms with Gasteiger partial charge in [-0.25, -0.2) is 0 Å². The molecule has 3 N–H and O–H groups in total. The van der Waals surface area contributed by atoms with Crippen LogP contribution in [0.3, 0.4) is 0 Å². The van der Waals surface area contributed by atoms with Crippen LogP contribution >= 0.6 is 15.9 Å². The standard InChI is InChI=1S/C9H9BrN2O2/c10-6-1-2-8-5(3-6)4-7(11)9(13)12(8)14/h1-3,7,14H,4,11H2/t7-/m0/s1. The van der Waals surface area contributed by atoms with Gasteiger partial charge in [0, 0.05) is 4.47 Å². The van der Waals surface area contributed by atoms with Crippen LogP contribution in [-0.4, -0.2) is 17.2 Å². The van der Waals surface area contributed by atoms with Crippen molar-refractivity contribution in [1.29, 1.82) is 0 Å². The summed E-state index contributed by atoms with van der Waals surface area (Å²) in [5.74, 6) is -0.458. The van der Waals surface area contributed by atoms with Crippen molar-refractivity contribution in [1.82, 2.24) is 0 Å². The van der Waals surface area contributed by atoms with Crippen LogP contribution in [0, 0.1) is 0 Å². The van der Waals surface area contributed by atoms with E-state index in [4.69, 9.17) is 5.73 Å². The summed E-state index contributed by atoms with van der Waals surface area (Å²) in [7, 11) is 0. The van der Waals surface area contributed by atoms with E-state index >= 15 is 0 Å². The van der Waals surface area contributed by atoms with E-state index in [1.54, 1.807) is 12.1 Å². The highest BCUT2D eigenvalue weighted by Gasteiger charge is 2.29. The molecule has 0 aromatic heterocycles. The van der Waals surface area contributed by atoms with Gasteiger partial charge in [0.2, 0.25) is 0 Å². The Kier molecular flexibility index (Phi) is 2.30. The van der Waals surface area contributed by atoms with Crippen molar-refractivity contribution in [2.45, 2.75) is 12.5 Å². The van der Waals surface area contributed by atoms with Crippen LogP contribution in [0.15, 0.2) is 22.7 Å². The maximum Gasteiger partial charge on any atom is 0.267 e. The lowest BCUT2D eigenvalue weighted by Crippen LogP contribution is -2.47. The molecule has 1 aliphatic heterocycles. The Morgan fingerprint density at radius 2 is 2.29 bits per heavy atom. The summed E-state index contributed by atoms with van der Waals surface area (Å²) in [5.41, 5.74) is 6.95. The Morgan fingerprint density at radius 1 is 1.57 bits per heavy atom. The summed E-state index contributed by atoms with van der Waals surface area (Å²) in [4.78, 5) is 11.3. The van der Waals surface area contributed by atoms with Crippen molar-refractivity contribution >= 4 is 27.5 Å². The fourth-order valence-electron chi connectivity index (χ4n) is 1.52. The molecular formula is C9H9BrN2O2. The lowest BCUT2D eigenvalue weighted by molar-refractivity contribution is -0.125. The van der Waals surface area contributed by atoms with E-state index in [0.29, 0.717) is 17.2 Å². The molecule has 4 nitrogen and oxygen atoms in total. The second-order valence-electron chi connectivity index (χ2n) is 3.23. The van der Waals surface area contributed by atoms with Gasteiger partial charge in [0.15, 0.2) is 0 Å². The number of hydrogen-bond acceptors (Lipinski definition) is 3. The van der Waals surface area contributed by atoms with Crippen LogP contribution in [0.5, 0.6) is 0 Å². The first kappa shape index (κ1) is 9.64. The van der Waals surface area contributed by atoms with E-state index < -0.39 is 11.9 Å². The number of hydrogen-bond donors (Lipinski definition) is 2. The van der Waals surface area contributed by atoms with Crippen molar-refractivity contribution < 1.29 is 10.0 Å². The second-order valence-corrected chi connectivity index (χ2v) is 4.15. The first-order valence-corrected chi connectivity index (χ1v) is 4.96. The minimum absolute atomic E-state index is 0.458. The number of rotatable bonds is 0. The second kappa shape index (κ2) is 3.34. The Morgan fingerprint density at radius 3 is 3.00 bits per heavy atom. The SMILES string of the molecule is N[C@H]1Cc2cc(Br)ccc2N(O)C1=O. The van der Waals surface area contributed by atoms with Crippen LogP contribution < -0.4 is 10.8 Å². The quantitative estimate of drug-likeness (QED) is 0.683. The molecule has 1 atom stereocenters. The number of nitrogens with two attached hydrogens (primary N) is 1. The molecule has 0 saturated carbocycles. The van der Waals surface area contributed by atoms with Gasteiger partial charge >= 0.3 is 0 Å². The third-order valence-electron chi connectivity index (χ3n) is 2.24. The van der Waals surface area contributed by atoms with Crippen LogP contribution in [0.25, 0.3) is 0 Å². The zero-order valence-electron chi connectivity index (χ0n) is 7.27. The first-order chi connectivity index (χ1) is 6.59. The monoisotopic (exact) mass is 256 g/mol. The van der Waals surface area contributed by atoms with Gasteiger partial charge in [-0.05, 0) is 30.2 Å². The molecule has 1 amide bonds. The minimum Gasteiger partial charge on any atom is -0.320 e. The van der Waals surface area contributed by atoms with Crippen LogP contribution in [-0.2, 0) is 11.2 Å². The molecule has 14 heavy (non-hydrogen) atoms. The highest BCUT2D eigenvalue weighted by atomic mass is 79.9. The van der Waals surface area contributed by atoms with Gasteiger partial charge in [-0.15, -0.1) is 0 Å². The van der Waals surface area contributed by atoms with Crippen molar-refractivity contribution in [3.05, 3.63) is 28.2 Å². The normalized spacial score (nSPS) is 20.9. The van der Waals surface area contributed by atoms with E-state index in [0.717, 1.165) is 10.0 Å². The third kappa shape index (κ3) is 1.43. The Hall–Kier alpha value is -0.910. The molecule has 0 spiro atoms. The van der Waals surface area contributed by atoms with E-state index in [-0.39, 0.29) is 0 Å². The van der Waals surface area contributed by atoms with Crippen LogP contribution in [0.1, 0.15) is 5.56 Å². The van der Waals surface area contributed by atoms with Crippen molar-refractivity contribution in [3.8, 4) is 0 Å². The number of hydroxylamine groups is 1. The molecule has 0 bridgehead atoms. The molecule has 74 valence electrons. The fourth-order valence-corrected chi connectivity index (χ4v) is 1.93. The summed E-state index contributed by atoms with van der Waals surface area (Å²) in [6.07, 6.45) is 0.463. The van der Waals surface area contributed by atoms with Crippen molar-refractivity contribution in [2.75, 3.05) is 5.06 Å². The Bertz CT molecular complexity index is 394. The van der Waals surface area contributed by atoms with Gasteiger partial charge < -0.3 is 5.73 Å². The maximum atomic E-state index is 11.3. The topological polar surface area (TPSA) is 66.6 Å². The summed E-state index contributed by atoms with van der Waals surface area (Å²) in [6, 6.07) is 4.65. The van der Waals surface area contributed by atoms with E-state index in [1.165, 1.54) is 0 Å². The number of fused-ring (bicyclic) bond motifs is 1. The van der Waals surface area contributed by atoms with Gasteiger partial charge in [-0.1, -0.05) is 15.9 Å². The highest BCUT2D eigenvalue weighted by molar-refractivity contribution is 9.10. The summed E-state index contributed by atoms with van der Waals surface area (Å²) < 4.78 is 0.909. The molecule has 1 aromatic carbocycles. The number of carbonyl (C=O) groups excluding carboxylic acids is 1. The number of amides is 1. The van der Waals surface area contributed by atoms with Gasteiger partial charge in [0.05, 0.1) is 11.7 Å². The average Bonchev–Trinajstić information content (AvgIpc) is 2.14. The third-order valence-corrected chi connectivity index (χ3v) is 2.73. The molecule has 0 saturated heterocycles. The first-order valence-electron chi connectivity index (χ1n) is 4.16. The predicted octanol–water partition coefficient (Wildman–Crippen LogP) is 1.05. The fraction of sp³-hybridized carbons (Fsp3) is 0.222. The zero-order valence-corrected chi connectivity index (χ0v) is 8.86. The summed E-state index contributed by atoms with van der Waals surface area (Å²) in [5, 5.41) is 10.1. The maximum absolute atomic E-state index is 11.3. The Balaban J connectivity index is 2.50. The lowest BCUT2D eigenvalue weighted by atomic mass is 9.99. The van der Waals surface area contributed by atoms with Crippen LogP contribution in [0.4, 0.5) is 5.69 Å². The van der Waals surface area contributed by atoms with E-state index in [2.05, 4.69) is 15.9 Å². The van der Waals surface area contributed by atoms with Gasteiger partial charge in [0.1, 0.15) is 0 Å². The highest BCUT2D eigenvalue weighted by Crippen LogP contribution is 2.28. The smallest absolute Gasteiger partial charge is 0.267 e. The summed E-state index contributed by atoms with van der Waals surface area (Å²) in [6.45, 7) is 0. The molecule has 1 heterocycles. The van der Waals surface area contributed by atoms with E-state index in [1.807, 2.05) is 6.07 Å². The molecule has 1 aliphatic rings. The average molecular weight is 257 g/mol. The number of benzene rings is 1. The van der Waals surface area contributed by atoms with Gasteiger partial charge in [-0.2, -0.15) is 5.06 Å². The molecule has 0 radical (unpaired) electrons. The van der Waals surface area contributed by atoms with Crippen LogP contribution in [0.2, 0.25) is 0 Å². The molecule has 0 aliphatic carbocycles. The Labute approximate surface area is 89.4 Å². The molecule has 5 heteroatoms. The minimum atomic E-state index is -0.651. The largest absolute Gasteiger partial charge is 0.320 e. The predicted molar refractivity (Wildman–Crippen MR) is 55.1 cm³/mol. The molecule has 0 unspecified atom stereocenters. The van der Waals surface area contributed by atoms with Crippen molar-refractivity contribution in [2.24, 2.45) is 5.73 Å². The number of carbonyl (C=O) groups is 1. The number of nitrogens with zero attached hydrogens (tertiary/aromatic N) is 1. The lowest BCUT2D eigenvalue weighted by Gasteiger charge is -2.27. The number of anilines is 1. The molecular weight excluding hydrogens is 248 g/mol. The van der Waals surface area contributed by atoms with Gasteiger partial charge in [-0.3, -0.25) is 10.0 Å². The molecule has 2 rings (SSSR count). The zero-order chi connectivity index (χ0) is 10.3. The number of halogens is 1. The molecule has 1 aromatic rings. The summed E-state index contributed by atoms with van der Waals surface area (Å²) >= 11 is 3.32. The molecule has 0 fully saturated rings. The van der Waals surface area contributed by atoms with Gasteiger partial charge in [0.25, 0.3) is 5.91 Å².